The Hall–Kier alpha value is -1.46. The lowest BCUT2D eigenvalue weighted by Gasteiger charge is -2.26. The van der Waals surface area contributed by atoms with Gasteiger partial charge in [-0.05, 0) is 19.1 Å². The summed E-state index contributed by atoms with van der Waals surface area (Å²) in [4.78, 5) is 18.3. The third-order valence-electron chi connectivity index (χ3n) is 3.07. The van der Waals surface area contributed by atoms with Crippen LogP contribution in [0.15, 0.2) is 18.3 Å². The zero-order valence-electron chi connectivity index (χ0n) is 10.7. The van der Waals surface area contributed by atoms with E-state index in [0.717, 1.165) is 38.5 Å². The van der Waals surface area contributed by atoms with Crippen molar-refractivity contribution in [1.82, 2.24) is 15.2 Å². The molecule has 1 aromatic heterocycles. The molecule has 1 amide bonds. The van der Waals surface area contributed by atoms with Gasteiger partial charge in [-0.2, -0.15) is 0 Å². The maximum absolute atomic E-state index is 11.9. The van der Waals surface area contributed by atoms with E-state index in [-0.39, 0.29) is 5.91 Å². The van der Waals surface area contributed by atoms with Gasteiger partial charge in [0.05, 0.1) is 18.8 Å². The van der Waals surface area contributed by atoms with Gasteiger partial charge in [0.15, 0.2) is 0 Å². The third-order valence-corrected chi connectivity index (χ3v) is 3.07. The first-order valence-electron chi connectivity index (χ1n) is 6.27. The summed E-state index contributed by atoms with van der Waals surface area (Å²) < 4.78 is 5.27. The summed E-state index contributed by atoms with van der Waals surface area (Å²) in [5, 5.41) is 2.93. The fourth-order valence-corrected chi connectivity index (χ4v) is 1.97. The Bertz CT molecular complexity index is 403. The number of hydrogen-bond donors (Lipinski definition) is 1. The lowest BCUT2D eigenvalue weighted by atomic mass is 10.2. The predicted octanol–water partition coefficient (Wildman–Crippen LogP) is 0.452. The Labute approximate surface area is 107 Å². The van der Waals surface area contributed by atoms with E-state index < -0.39 is 0 Å². The number of ether oxygens (including phenoxy) is 1. The second-order valence-electron chi connectivity index (χ2n) is 4.35. The van der Waals surface area contributed by atoms with Gasteiger partial charge in [0.25, 0.3) is 5.91 Å². The predicted molar refractivity (Wildman–Crippen MR) is 68.6 cm³/mol. The number of hydrogen-bond acceptors (Lipinski definition) is 4. The maximum Gasteiger partial charge on any atom is 0.253 e. The standard InChI is InChI=1S/C13H19N3O2/c1-11-12(3-2-4-14-11)13(17)15-5-6-16-7-9-18-10-8-16/h2-4H,5-10H2,1H3,(H,15,17). The molecule has 1 aromatic rings. The van der Waals surface area contributed by atoms with Gasteiger partial charge in [-0.15, -0.1) is 0 Å². The van der Waals surface area contributed by atoms with Crippen LogP contribution in [-0.4, -0.2) is 55.2 Å². The number of carbonyl (C=O) groups excluding carboxylic acids is 1. The number of carbonyl (C=O) groups is 1. The molecule has 1 fully saturated rings. The number of rotatable bonds is 4. The topological polar surface area (TPSA) is 54.5 Å². The van der Waals surface area contributed by atoms with E-state index in [1.165, 1.54) is 0 Å². The Balaban J connectivity index is 1.76. The molecule has 0 spiro atoms. The van der Waals surface area contributed by atoms with E-state index in [9.17, 15) is 4.79 Å². The molecule has 2 rings (SSSR count). The van der Waals surface area contributed by atoms with Crippen molar-refractivity contribution < 1.29 is 9.53 Å². The smallest absolute Gasteiger partial charge is 0.253 e. The lowest BCUT2D eigenvalue weighted by Crippen LogP contribution is -2.41. The molecule has 1 aliphatic rings. The summed E-state index contributed by atoms with van der Waals surface area (Å²) in [6.45, 7) is 6.84. The molecule has 0 aliphatic carbocycles. The minimum Gasteiger partial charge on any atom is -0.379 e. The molecular weight excluding hydrogens is 230 g/mol. The molecule has 1 saturated heterocycles. The van der Waals surface area contributed by atoms with Crippen molar-refractivity contribution in [3.8, 4) is 0 Å². The fraction of sp³-hybridized carbons (Fsp3) is 0.538. The highest BCUT2D eigenvalue weighted by molar-refractivity contribution is 5.95. The van der Waals surface area contributed by atoms with Crippen molar-refractivity contribution in [1.29, 1.82) is 0 Å². The minimum absolute atomic E-state index is 0.0474. The number of aryl methyl sites for hydroxylation is 1. The van der Waals surface area contributed by atoms with Crippen LogP contribution in [-0.2, 0) is 4.74 Å². The largest absolute Gasteiger partial charge is 0.379 e. The zero-order chi connectivity index (χ0) is 12.8. The second-order valence-corrected chi connectivity index (χ2v) is 4.35. The molecule has 1 N–H and O–H groups in total. The molecule has 98 valence electrons. The van der Waals surface area contributed by atoms with Crippen molar-refractivity contribution in [2.45, 2.75) is 6.92 Å². The van der Waals surface area contributed by atoms with E-state index in [2.05, 4.69) is 15.2 Å². The normalized spacial score (nSPS) is 16.5. The van der Waals surface area contributed by atoms with Gasteiger partial charge in [0.2, 0.25) is 0 Å². The number of amides is 1. The number of pyridine rings is 1. The summed E-state index contributed by atoms with van der Waals surface area (Å²) >= 11 is 0. The molecular formula is C13H19N3O2. The maximum atomic E-state index is 11.9. The summed E-state index contributed by atoms with van der Waals surface area (Å²) in [5.41, 5.74) is 1.42. The van der Waals surface area contributed by atoms with Crippen molar-refractivity contribution >= 4 is 5.91 Å². The van der Waals surface area contributed by atoms with Crippen molar-refractivity contribution in [3.05, 3.63) is 29.6 Å². The van der Waals surface area contributed by atoms with Crippen LogP contribution in [0.2, 0.25) is 0 Å². The highest BCUT2D eigenvalue weighted by Crippen LogP contribution is 2.03. The van der Waals surface area contributed by atoms with Crippen molar-refractivity contribution in [2.24, 2.45) is 0 Å². The highest BCUT2D eigenvalue weighted by atomic mass is 16.5. The zero-order valence-corrected chi connectivity index (χ0v) is 10.7. The molecule has 0 atom stereocenters. The Morgan fingerprint density at radius 3 is 3.00 bits per heavy atom. The van der Waals surface area contributed by atoms with Gasteiger partial charge in [0.1, 0.15) is 0 Å². The highest BCUT2D eigenvalue weighted by Gasteiger charge is 2.11. The van der Waals surface area contributed by atoms with E-state index in [0.29, 0.717) is 12.1 Å². The molecule has 2 heterocycles. The van der Waals surface area contributed by atoms with Gasteiger partial charge in [-0.25, -0.2) is 0 Å². The van der Waals surface area contributed by atoms with E-state index in [1.54, 1.807) is 18.3 Å². The number of aromatic nitrogens is 1. The lowest BCUT2D eigenvalue weighted by molar-refractivity contribution is 0.0383. The summed E-state index contributed by atoms with van der Waals surface area (Å²) in [6, 6.07) is 3.58. The van der Waals surface area contributed by atoms with Crippen LogP contribution in [0.1, 0.15) is 16.1 Å². The third kappa shape index (κ3) is 3.51. The molecule has 5 heteroatoms. The Morgan fingerprint density at radius 2 is 2.28 bits per heavy atom. The van der Waals surface area contributed by atoms with E-state index in [4.69, 9.17) is 4.74 Å². The van der Waals surface area contributed by atoms with Gasteiger partial charge in [-0.3, -0.25) is 14.7 Å². The molecule has 0 unspecified atom stereocenters. The molecule has 5 nitrogen and oxygen atoms in total. The summed E-state index contributed by atoms with van der Waals surface area (Å²) in [7, 11) is 0. The van der Waals surface area contributed by atoms with Gasteiger partial charge in [-0.1, -0.05) is 0 Å². The van der Waals surface area contributed by atoms with Crippen LogP contribution in [0.4, 0.5) is 0 Å². The van der Waals surface area contributed by atoms with Gasteiger partial charge < -0.3 is 10.1 Å². The number of nitrogens with one attached hydrogen (secondary N) is 1. The summed E-state index contributed by atoms with van der Waals surface area (Å²) in [6.07, 6.45) is 1.69. The van der Waals surface area contributed by atoms with Crippen LogP contribution in [0.25, 0.3) is 0 Å². The SMILES string of the molecule is Cc1ncccc1C(=O)NCCN1CCOCC1. The van der Waals surface area contributed by atoms with Crippen LogP contribution in [0.3, 0.4) is 0 Å². The van der Waals surface area contributed by atoms with Crippen molar-refractivity contribution in [3.63, 3.8) is 0 Å². The van der Waals surface area contributed by atoms with Crippen LogP contribution in [0, 0.1) is 6.92 Å². The molecule has 0 radical (unpaired) electrons. The van der Waals surface area contributed by atoms with Crippen LogP contribution < -0.4 is 5.32 Å². The molecule has 18 heavy (non-hydrogen) atoms. The summed E-state index contributed by atoms with van der Waals surface area (Å²) in [5.74, 6) is -0.0474. The van der Waals surface area contributed by atoms with E-state index >= 15 is 0 Å². The fourth-order valence-electron chi connectivity index (χ4n) is 1.97. The first kappa shape index (κ1) is 13.0. The van der Waals surface area contributed by atoms with Crippen LogP contribution in [0.5, 0.6) is 0 Å². The average molecular weight is 249 g/mol. The second kappa shape index (κ2) is 6.47. The molecule has 0 aromatic carbocycles. The monoisotopic (exact) mass is 249 g/mol. The molecule has 0 bridgehead atoms. The first-order chi connectivity index (χ1) is 8.77. The number of morpholine rings is 1. The first-order valence-corrected chi connectivity index (χ1v) is 6.27. The Kier molecular flexibility index (Phi) is 4.66. The van der Waals surface area contributed by atoms with Crippen LogP contribution >= 0.6 is 0 Å². The van der Waals surface area contributed by atoms with Gasteiger partial charge >= 0.3 is 0 Å². The molecule has 0 saturated carbocycles. The van der Waals surface area contributed by atoms with E-state index in [1.807, 2.05) is 6.92 Å². The Morgan fingerprint density at radius 1 is 1.50 bits per heavy atom. The molecule has 1 aliphatic heterocycles. The number of nitrogens with zero attached hydrogens (tertiary/aromatic N) is 2. The minimum atomic E-state index is -0.0474. The van der Waals surface area contributed by atoms with Crippen molar-refractivity contribution in [2.75, 3.05) is 39.4 Å². The average Bonchev–Trinajstić information content (AvgIpc) is 2.40. The quantitative estimate of drug-likeness (QED) is 0.842. The van der Waals surface area contributed by atoms with Gasteiger partial charge in [0, 0.05) is 38.1 Å².